The molecule has 0 amide bonds. The molecule has 0 aliphatic heterocycles. The van der Waals surface area contributed by atoms with Crippen LogP contribution >= 0.6 is 0 Å². The lowest BCUT2D eigenvalue weighted by molar-refractivity contribution is -0.146. The van der Waals surface area contributed by atoms with Crippen molar-refractivity contribution in [3.05, 3.63) is 0 Å². The smallest absolute Gasteiger partial charge is 0.302 e. The first-order chi connectivity index (χ1) is 7.60. The summed E-state index contributed by atoms with van der Waals surface area (Å²) in [5.41, 5.74) is 0. The molecule has 0 aromatic heterocycles. The van der Waals surface area contributed by atoms with Crippen molar-refractivity contribution in [1.29, 1.82) is 10.5 Å². The zero-order chi connectivity index (χ0) is 12.4. The molecule has 0 aromatic rings. The largest absolute Gasteiger partial charge is 0.461 e. The molecule has 88 valence electrons. The predicted octanol–water partition coefficient (Wildman–Crippen LogP) is 1.07. The van der Waals surface area contributed by atoms with E-state index in [9.17, 15) is 4.79 Å². The number of carbonyl (C=O) groups excluding carboxylic acids is 1. The van der Waals surface area contributed by atoms with E-state index in [0.717, 1.165) is 0 Å². The summed E-state index contributed by atoms with van der Waals surface area (Å²) in [5.74, 6) is -0.312. The van der Waals surface area contributed by atoms with Gasteiger partial charge in [0, 0.05) is 39.4 Å². The maximum absolute atomic E-state index is 10.7. The SMILES string of the molecule is CC(=O)OC(C)CN(CCC#N)CCC#N. The third-order valence-corrected chi connectivity index (χ3v) is 1.96. The standard InChI is InChI=1S/C11H17N3O2/c1-10(16-11(2)15)9-14(7-3-5-12)8-4-6-13/h10H,3-4,7-9H2,1-2H3. The molecule has 0 radical (unpaired) electrons. The van der Waals surface area contributed by atoms with Crippen LogP contribution in [0.25, 0.3) is 0 Å². The molecule has 5 nitrogen and oxygen atoms in total. The first-order valence-electron chi connectivity index (χ1n) is 5.23. The van der Waals surface area contributed by atoms with Gasteiger partial charge >= 0.3 is 5.97 Å². The van der Waals surface area contributed by atoms with Gasteiger partial charge in [0.1, 0.15) is 6.10 Å². The minimum Gasteiger partial charge on any atom is -0.461 e. The van der Waals surface area contributed by atoms with Gasteiger partial charge in [0.25, 0.3) is 0 Å². The van der Waals surface area contributed by atoms with Gasteiger partial charge in [-0.2, -0.15) is 10.5 Å². The monoisotopic (exact) mass is 223 g/mol. The Hall–Kier alpha value is -1.59. The van der Waals surface area contributed by atoms with Crippen LogP contribution in [0.2, 0.25) is 0 Å². The van der Waals surface area contributed by atoms with Crippen LogP contribution in [0.4, 0.5) is 0 Å². The van der Waals surface area contributed by atoms with Gasteiger partial charge in [0.15, 0.2) is 0 Å². The Kier molecular flexibility index (Phi) is 7.83. The highest BCUT2D eigenvalue weighted by Gasteiger charge is 2.11. The van der Waals surface area contributed by atoms with Crippen molar-refractivity contribution in [2.45, 2.75) is 32.8 Å². The maximum atomic E-state index is 10.7. The van der Waals surface area contributed by atoms with Gasteiger partial charge < -0.3 is 4.74 Å². The van der Waals surface area contributed by atoms with Crippen LogP contribution in [-0.2, 0) is 9.53 Å². The van der Waals surface area contributed by atoms with Gasteiger partial charge in [-0.15, -0.1) is 0 Å². The lowest BCUT2D eigenvalue weighted by Crippen LogP contribution is -2.34. The van der Waals surface area contributed by atoms with Crippen molar-refractivity contribution in [2.75, 3.05) is 19.6 Å². The van der Waals surface area contributed by atoms with E-state index >= 15 is 0 Å². The number of carbonyl (C=O) groups is 1. The summed E-state index contributed by atoms with van der Waals surface area (Å²) in [7, 11) is 0. The second-order valence-corrected chi connectivity index (χ2v) is 3.54. The highest BCUT2D eigenvalue weighted by Crippen LogP contribution is 2.00. The highest BCUT2D eigenvalue weighted by atomic mass is 16.5. The molecule has 0 aliphatic rings. The Balaban J connectivity index is 4.03. The van der Waals surface area contributed by atoms with Gasteiger partial charge in [-0.25, -0.2) is 0 Å². The minimum absolute atomic E-state index is 0.213. The van der Waals surface area contributed by atoms with Crippen LogP contribution in [0, 0.1) is 22.7 Å². The van der Waals surface area contributed by atoms with E-state index in [1.54, 1.807) is 6.92 Å². The molecule has 0 bridgehead atoms. The first kappa shape index (κ1) is 14.4. The molecule has 1 atom stereocenters. The molecule has 0 spiro atoms. The number of hydrogen-bond acceptors (Lipinski definition) is 5. The third kappa shape index (κ3) is 7.78. The molecule has 16 heavy (non-hydrogen) atoms. The van der Waals surface area contributed by atoms with Crippen molar-refractivity contribution in [3.8, 4) is 12.1 Å². The van der Waals surface area contributed by atoms with Crippen LogP contribution < -0.4 is 0 Å². The summed E-state index contributed by atoms with van der Waals surface area (Å²) in [5, 5.41) is 17.0. The number of hydrogen-bond donors (Lipinski definition) is 0. The summed E-state index contributed by atoms with van der Waals surface area (Å²) in [6.45, 7) is 4.93. The van der Waals surface area contributed by atoms with Crippen molar-refractivity contribution in [1.82, 2.24) is 4.90 Å². The average molecular weight is 223 g/mol. The Morgan fingerprint density at radius 1 is 1.31 bits per heavy atom. The summed E-state index contributed by atoms with van der Waals surface area (Å²) in [6, 6.07) is 4.11. The number of rotatable bonds is 7. The van der Waals surface area contributed by atoms with E-state index in [1.165, 1.54) is 6.92 Å². The van der Waals surface area contributed by atoms with Gasteiger partial charge in [-0.05, 0) is 6.92 Å². The Labute approximate surface area is 96.2 Å². The van der Waals surface area contributed by atoms with Gasteiger partial charge in [-0.3, -0.25) is 9.69 Å². The number of nitriles is 2. The van der Waals surface area contributed by atoms with Crippen molar-refractivity contribution in [3.63, 3.8) is 0 Å². The molecular formula is C11H17N3O2. The maximum Gasteiger partial charge on any atom is 0.302 e. The average Bonchev–Trinajstić information content (AvgIpc) is 2.20. The van der Waals surface area contributed by atoms with E-state index in [-0.39, 0.29) is 12.1 Å². The molecule has 0 saturated heterocycles. The van der Waals surface area contributed by atoms with Gasteiger partial charge in [-0.1, -0.05) is 0 Å². The van der Waals surface area contributed by atoms with Crippen molar-refractivity contribution < 1.29 is 9.53 Å². The van der Waals surface area contributed by atoms with Crippen molar-refractivity contribution in [2.24, 2.45) is 0 Å². The van der Waals surface area contributed by atoms with E-state index in [0.29, 0.717) is 32.5 Å². The second-order valence-electron chi connectivity index (χ2n) is 3.54. The van der Waals surface area contributed by atoms with E-state index in [1.807, 2.05) is 4.90 Å². The minimum atomic E-state index is -0.312. The normalized spacial score (nSPS) is 11.6. The first-order valence-corrected chi connectivity index (χ1v) is 5.23. The summed E-state index contributed by atoms with van der Waals surface area (Å²) in [6.07, 6.45) is 0.617. The summed E-state index contributed by atoms with van der Waals surface area (Å²) in [4.78, 5) is 12.7. The topological polar surface area (TPSA) is 77.1 Å². The van der Waals surface area contributed by atoms with E-state index in [4.69, 9.17) is 15.3 Å². The second kappa shape index (κ2) is 8.70. The van der Waals surface area contributed by atoms with E-state index < -0.39 is 0 Å². The van der Waals surface area contributed by atoms with Crippen LogP contribution in [0.1, 0.15) is 26.7 Å². The zero-order valence-electron chi connectivity index (χ0n) is 9.77. The predicted molar refractivity (Wildman–Crippen MR) is 58.1 cm³/mol. The number of ether oxygens (including phenoxy) is 1. The fraction of sp³-hybridized carbons (Fsp3) is 0.727. The molecule has 1 unspecified atom stereocenters. The Bertz CT molecular complexity index is 273. The van der Waals surface area contributed by atoms with Gasteiger partial charge in [0.05, 0.1) is 12.1 Å². The molecule has 5 heteroatoms. The molecule has 0 N–H and O–H groups in total. The summed E-state index contributed by atoms with van der Waals surface area (Å²) < 4.78 is 4.99. The molecule has 0 rings (SSSR count). The molecule has 0 saturated carbocycles. The lowest BCUT2D eigenvalue weighted by Gasteiger charge is -2.23. The number of nitrogens with zero attached hydrogens (tertiary/aromatic N) is 3. The Morgan fingerprint density at radius 2 is 1.81 bits per heavy atom. The molecule has 0 aliphatic carbocycles. The molecule has 0 fully saturated rings. The summed E-state index contributed by atoms with van der Waals surface area (Å²) >= 11 is 0. The molecule has 0 heterocycles. The van der Waals surface area contributed by atoms with Crippen molar-refractivity contribution >= 4 is 5.97 Å². The third-order valence-electron chi connectivity index (χ3n) is 1.96. The molecular weight excluding hydrogens is 206 g/mol. The Morgan fingerprint density at radius 3 is 2.19 bits per heavy atom. The van der Waals surface area contributed by atoms with Gasteiger partial charge in [0.2, 0.25) is 0 Å². The van der Waals surface area contributed by atoms with Crippen LogP contribution in [0.5, 0.6) is 0 Å². The zero-order valence-corrected chi connectivity index (χ0v) is 9.77. The highest BCUT2D eigenvalue weighted by molar-refractivity contribution is 5.66. The van der Waals surface area contributed by atoms with E-state index in [2.05, 4.69) is 12.1 Å². The van der Waals surface area contributed by atoms with Crippen LogP contribution in [0.3, 0.4) is 0 Å². The lowest BCUT2D eigenvalue weighted by atomic mass is 10.3. The van der Waals surface area contributed by atoms with Crippen LogP contribution in [0.15, 0.2) is 0 Å². The van der Waals surface area contributed by atoms with Crippen LogP contribution in [-0.4, -0.2) is 36.6 Å². The fourth-order valence-corrected chi connectivity index (χ4v) is 1.39. The fourth-order valence-electron chi connectivity index (χ4n) is 1.39. The number of esters is 1. The molecule has 0 aromatic carbocycles. The quantitative estimate of drug-likeness (QED) is 0.603.